The zero-order valence-electron chi connectivity index (χ0n) is 10.4. The molecule has 1 aliphatic rings. The van der Waals surface area contributed by atoms with Gasteiger partial charge < -0.3 is 10.6 Å². The molecular weight excluding hydrogens is 311 g/mol. The molecule has 102 valence electrons. The molecule has 2 unspecified atom stereocenters. The summed E-state index contributed by atoms with van der Waals surface area (Å²) in [5.74, 6) is 0. The van der Waals surface area contributed by atoms with E-state index in [-0.39, 0.29) is 12.1 Å². The van der Waals surface area contributed by atoms with Gasteiger partial charge >= 0.3 is 0 Å². The summed E-state index contributed by atoms with van der Waals surface area (Å²) >= 11 is 17.1. The molecule has 0 aromatic heterocycles. The van der Waals surface area contributed by atoms with Crippen molar-refractivity contribution in [2.75, 3.05) is 0 Å². The predicted octanol–water partition coefficient (Wildman–Crippen LogP) is 4.25. The van der Waals surface area contributed by atoms with Gasteiger partial charge in [0.2, 0.25) is 0 Å². The molecule has 3 rings (SSSR count). The molecule has 0 saturated carbocycles. The van der Waals surface area contributed by atoms with Crippen molar-refractivity contribution in [3.8, 4) is 0 Å². The molecule has 2 nitrogen and oxygen atoms in total. The molecule has 1 aliphatic heterocycles. The summed E-state index contributed by atoms with van der Waals surface area (Å²) in [5, 5.41) is 8.71. The lowest BCUT2D eigenvalue weighted by molar-refractivity contribution is 0.554. The molecule has 0 radical (unpaired) electrons. The molecule has 0 bridgehead atoms. The van der Waals surface area contributed by atoms with Crippen molar-refractivity contribution in [1.82, 2.24) is 10.6 Å². The zero-order valence-corrected chi connectivity index (χ0v) is 12.8. The normalized spacial score (nSPS) is 21.4. The van der Waals surface area contributed by atoms with Gasteiger partial charge in [0.15, 0.2) is 5.11 Å². The van der Waals surface area contributed by atoms with Crippen LogP contribution in [0.2, 0.25) is 10.0 Å². The first-order chi connectivity index (χ1) is 9.63. The topological polar surface area (TPSA) is 24.1 Å². The standard InChI is InChI=1S/C15H12Cl2N2S/c16-11-5-1-9(2-6-11)13-14(19-15(20)18-13)10-3-7-12(17)8-4-10/h1-8,13-14H,(H2,18,19,20). The van der Waals surface area contributed by atoms with E-state index in [9.17, 15) is 0 Å². The van der Waals surface area contributed by atoms with Crippen LogP contribution in [0.4, 0.5) is 0 Å². The zero-order chi connectivity index (χ0) is 14.1. The summed E-state index contributed by atoms with van der Waals surface area (Å²) in [6, 6.07) is 15.8. The van der Waals surface area contributed by atoms with Crippen LogP contribution < -0.4 is 10.6 Å². The second-order valence-corrected chi connectivity index (χ2v) is 5.96. The first-order valence-electron chi connectivity index (χ1n) is 6.21. The van der Waals surface area contributed by atoms with Gasteiger partial charge in [-0.05, 0) is 47.6 Å². The van der Waals surface area contributed by atoms with E-state index in [1.54, 1.807) is 0 Å². The van der Waals surface area contributed by atoms with Crippen molar-refractivity contribution < 1.29 is 0 Å². The number of hydrogen-bond donors (Lipinski definition) is 2. The molecule has 1 saturated heterocycles. The first-order valence-corrected chi connectivity index (χ1v) is 7.38. The lowest BCUT2D eigenvalue weighted by Crippen LogP contribution is -2.21. The minimum atomic E-state index is 0.0842. The van der Waals surface area contributed by atoms with E-state index >= 15 is 0 Å². The largest absolute Gasteiger partial charge is 0.353 e. The van der Waals surface area contributed by atoms with Crippen LogP contribution in [0, 0.1) is 0 Å². The average Bonchev–Trinajstić information content (AvgIpc) is 2.82. The summed E-state index contributed by atoms with van der Waals surface area (Å²) in [7, 11) is 0. The van der Waals surface area contributed by atoms with Crippen LogP contribution in [0.5, 0.6) is 0 Å². The van der Waals surface area contributed by atoms with E-state index in [4.69, 9.17) is 35.4 Å². The Bertz CT molecular complexity index is 570. The first kappa shape index (κ1) is 13.7. The average molecular weight is 323 g/mol. The van der Waals surface area contributed by atoms with Gasteiger partial charge in [0.25, 0.3) is 0 Å². The quantitative estimate of drug-likeness (QED) is 0.808. The van der Waals surface area contributed by atoms with E-state index in [1.165, 1.54) is 0 Å². The molecule has 2 atom stereocenters. The third-order valence-electron chi connectivity index (χ3n) is 3.36. The Morgan fingerprint density at radius 2 is 1.05 bits per heavy atom. The summed E-state index contributed by atoms with van der Waals surface area (Å²) in [4.78, 5) is 0. The highest BCUT2D eigenvalue weighted by molar-refractivity contribution is 7.80. The maximum Gasteiger partial charge on any atom is 0.167 e. The van der Waals surface area contributed by atoms with E-state index in [0.29, 0.717) is 5.11 Å². The Hall–Kier alpha value is -1.29. The maximum atomic E-state index is 5.94. The lowest BCUT2D eigenvalue weighted by atomic mass is 9.95. The van der Waals surface area contributed by atoms with Crippen molar-refractivity contribution in [3.05, 3.63) is 69.7 Å². The van der Waals surface area contributed by atoms with Crippen LogP contribution in [0.1, 0.15) is 23.2 Å². The molecule has 2 aromatic carbocycles. The van der Waals surface area contributed by atoms with Crippen LogP contribution in [0.25, 0.3) is 0 Å². The van der Waals surface area contributed by atoms with Gasteiger partial charge in [0, 0.05) is 10.0 Å². The van der Waals surface area contributed by atoms with Crippen molar-refractivity contribution in [2.24, 2.45) is 0 Å². The van der Waals surface area contributed by atoms with Crippen molar-refractivity contribution >= 4 is 40.5 Å². The van der Waals surface area contributed by atoms with Gasteiger partial charge in [-0.3, -0.25) is 0 Å². The minimum absolute atomic E-state index is 0.0842. The molecule has 0 spiro atoms. The van der Waals surface area contributed by atoms with E-state index in [1.807, 2.05) is 48.5 Å². The molecule has 5 heteroatoms. The molecule has 20 heavy (non-hydrogen) atoms. The molecule has 0 amide bonds. The molecule has 2 aromatic rings. The third-order valence-corrected chi connectivity index (χ3v) is 4.10. The van der Waals surface area contributed by atoms with Crippen molar-refractivity contribution in [3.63, 3.8) is 0 Å². The second-order valence-electron chi connectivity index (χ2n) is 4.68. The van der Waals surface area contributed by atoms with E-state index < -0.39 is 0 Å². The fourth-order valence-electron chi connectivity index (χ4n) is 2.38. The van der Waals surface area contributed by atoms with Gasteiger partial charge in [-0.25, -0.2) is 0 Å². The van der Waals surface area contributed by atoms with E-state index in [0.717, 1.165) is 21.2 Å². The Kier molecular flexibility index (Phi) is 3.83. The van der Waals surface area contributed by atoms with Gasteiger partial charge in [0.05, 0.1) is 12.1 Å². The number of benzene rings is 2. The monoisotopic (exact) mass is 322 g/mol. The highest BCUT2D eigenvalue weighted by Gasteiger charge is 2.31. The number of rotatable bonds is 2. The molecule has 0 aliphatic carbocycles. The Morgan fingerprint density at radius 3 is 1.40 bits per heavy atom. The number of thiocarbonyl (C=S) groups is 1. The maximum absolute atomic E-state index is 5.94. The van der Waals surface area contributed by atoms with E-state index in [2.05, 4.69) is 10.6 Å². The van der Waals surface area contributed by atoms with Crippen LogP contribution in [0.15, 0.2) is 48.5 Å². The summed E-state index contributed by atoms with van der Waals surface area (Å²) in [6.07, 6.45) is 0. The Morgan fingerprint density at radius 1 is 0.700 bits per heavy atom. The van der Waals surface area contributed by atoms with Crippen molar-refractivity contribution in [2.45, 2.75) is 12.1 Å². The summed E-state index contributed by atoms with van der Waals surface area (Å²) in [5.41, 5.74) is 2.28. The van der Waals surface area contributed by atoms with Gasteiger partial charge in [0.1, 0.15) is 0 Å². The highest BCUT2D eigenvalue weighted by Crippen LogP contribution is 2.33. The summed E-state index contributed by atoms with van der Waals surface area (Å²) in [6.45, 7) is 0. The van der Waals surface area contributed by atoms with Crippen LogP contribution in [-0.2, 0) is 0 Å². The summed E-state index contributed by atoms with van der Waals surface area (Å²) < 4.78 is 0. The Labute approximate surface area is 133 Å². The fourth-order valence-corrected chi connectivity index (χ4v) is 2.89. The fraction of sp³-hybridized carbons (Fsp3) is 0.133. The smallest absolute Gasteiger partial charge is 0.167 e. The number of halogens is 2. The lowest BCUT2D eigenvalue weighted by Gasteiger charge is -2.19. The third kappa shape index (κ3) is 2.75. The number of nitrogens with one attached hydrogen (secondary N) is 2. The SMILES string of the molecule is S=C1NC(c2ccc(Cl)cc2)C(c2ccc(Cl)cc2)N1. The molecule has 2 N–H and O–H groups in total. The van der Waals surface area contributed by atoms with Crippen LogP contribution in [0.3, 0.4) is 0 Å². The van der Waals surface area contributed by atoms with Crippen molar-refractivity contribution in [1.29, 1.82) is 0 Å². The predicted molar refractivity (Wildman–Crippen MR) is 87.3 cm³/mol. The molecular formula is C15H12Cl2N2S. The van der Waals surface area contributed by atoms with Gasteiger partial charge in [-0.2, -0.15) is 0 Å². The molecule has 1 heterocycles. The van der Waals surface area contributed by atoms with Gasteiger partial charge in [-0.1, -0.05) is 47.5 Å². The van der Waals surface area contributed by atoms with Crippen LogP contribution >= 0.6 is 35.4 Å². The number of hydrogen-bond acceptors (Lipinski definition) is 1. The molecule has 1 fully saturated rings. The Balaban J connectivity index is 1.94. The minimum Gasteiger partial charge on any atom is -0.353 e. The highest BCUT2D eigenvalue weighted by atomic mass is 35.5. The second kappa shape index (κ2) is 5.60. The van der Waals surface area contributed by atoms with Gasteiger partial charge in [-0.15, -0.1) is 0 Å². The van der Waals surface area contributed by atoms with Crippen LogP contribution in [-0.4, -0.2) is 5.11 Å².